The fourth-order valence-corrected chi connectivity index (χ4v) is 5.70. The van der Waals surface area contributed by atoms with Gasteiger partial charge >= 0.3 is 5.97 Å². The largest absolute Gasteiger partial charge is 0.477 e. The van der Waals surface area contributed by atoms with E-state index in [2.05, 4.69) is 5.32 Å². The molecule has 116 valence electrons. The smallest absolute Gasteiger partial charge is 0.347 e. The van der Waals surface area contributed by atoms with Gasteiger partial charge in [0.1, 0.15) is 9.77 Å². The lowest BCUT2D eigenvalue weighted by Gasteiger charge is -2.14. The van der Waals surface area contributed by atoms with Gasteiger partial charge in [0, 0.05) is 18.0 Å². The molecule has 3 rings (SSSR count). The van der Waals surface area contributed by atoms with E-state index >= 15 is 0 Å². The van der Waals surface area contributed by atoms with Crippen LogP contribution in [0.1, 0.15) is 25.7 Å². The number of carboxylic acids is 1. The second kappa shape index (κ2) is 5.49. The van der Waals surface area contributed by atoms with Crippen molar-refractivity contribution >= 4 is 27.1 Å². The molecule has 0 bridgehead atoms. The third-order valence-corrected chi connectivity index (χ3v) is 6.96. The number of carboxylic acid groups (broad SMARTS) is 1. The minimum atomic E-state index is -3.84. The normalized spacial score (nSPS) is 14.6. The number of sulfone groups is 1. The molecule has 0 saturated heterocycles. The van der Waals surface area contributed by atoms with Gasteiger partial charge in [-0.1, -0.05) is 17.7 Å². The number of hydrogen-bond acceptors (Lipinski definition) is 5. The highest BCUT2D eigenvalue weighted by Crippen LogP contribution is 2.37. The topological polar surface area (TPSA) is 83.5 Å². The highest BCUT2D eigenvalue weighted by Gasteiger charge is 2.33. The summed E-state index contributed by atoms with van der Waals surface area (Å²) in [4.78, 5) is 12.3. The molecule has 2 aromatic rings. The zero-order chi connectivity index (χ0) is 15.9. The minimum Gasteiger partial charge on any atom is -0.477 e. The lowest BCUT2D eigenvalue weighted by molar-refractivity contribution is 0.0698. The first-order valence-corrected chi connectivity index (χ1v) is 9.11. The summed E-state index contributed by atoms with van der Waals surface area (Å²) in [6.45, 7) is 2.99. The standard InChI is InChI=1S/C15H15NO4S2/c1-9-2-4-10(5-3-9)22(19,20)14-11-8-16-7-6-12(11)21-13(14)15(17)18/h2-5,16H,6-8H2,1H3,(H,17,18). The molecule has 0 amide bonds. The minimum absolute atomic E-state index is 0.0453. The van der Waals surface area contributed by atoms with E-state index in [9.17, 15) is 18.3 Å². The summed E-state index contributed by atoms with van der Waals surface area (Å²) in [6.07, 6.45) is 0.656. The van der Waals surface area contributed by atoms with Crippen LogP contribution in [-0.2, 0) is 22.8 Å². The van der Waals surface area contributed by atoms with Crippen molar-refractivity contribution in [2.45, 2.75) is 29.7 Å². The molecule has 2 heterocycles. The maximum Gasteiger partial charge on any atom is 0.347 e. The van der Waals surface area contributed by atoms with Crippen LogP contribution in [0, 0.1) is 6.92 Å². The first-order chi connectivity index (χ1) is 10.4. The molecule has 7 heteroatoms. The zero-order valence-corrected chi connectivity index (χ0v) is 13.6. The van der Waals surface area contributed by atoms with Gasteiger partial charge in [-0.3, -0.25) is 0 Å². The Morgan fingerprint density at radius 1 is 1.27 bits per heavy atom. The predicted octanol–water partition coefficient (Wildman–Crippen LogP) is 2.23. The van der Waals surface area contributed by atoms with Gasteiger partial charge in [0.15, 0.2) is 0 Å². The molecule has 1 aromatic carbocycles. The summed E-state index contributed by atoms with van der Waals surface area (Å²) in [7, 11) is -3.84. The fraction of sp³-hybridized carbons (Fsp3) is 0.267. The molecule has 1 aromatic heterocycles. The molecule has 0 radical (unpaired) electrons. The van der Waals surface area contributed by atoms with Crippen molar-refractivity contribution in [3.63, 3.8) is 0 Å². The maximum atomic E-state index is 12.9. The predicted molar refractivity (Wildman–Crippen MR) is 83.3 cm³/mol. The van der Waals surface area contributed by atoms with E-state index in [1.54, 1.807) is 12.1 Å². The fourth-order valence-electron chi connectivity index (χ4n) is 2.55. The van der Waals surface area contributed by atoms with Crippen LogP contribution < -0.4 is 5.32 Å². The summed E-state index contributed by atoms with van der Waals surface area (Å²) in [5.41, 5.74) is 1.56. The molecular formula is C15H15NO4S2. The van der Waals surface area contributed by atoms with Crippen molar-refractivity contribution in [2.24, 2.45) is 0 Å². The third kappa shape index (κ3) is 2.45. The highest BCUT2D eigenvalue weighted by atomic mass is 32.2. The van der Waals surface area contributed by atoms with Crippen LogP contribution in [0.15, 0.2) is 34.1 Å². The molecule has 2 N–H and O–H groups in total. The Kier molecular flexibility index (Phi) is 3.80. The Morgan fingerprint density at radius 2 is 1.95 bits per heavy atom. The average Bonchev–Trinajstić information content (AvgIpc) is 2.88. The molecule has 0 saturated carbocycles. The number of nitrogens with one attached hydrogen (secondary N) is 1. The third-order valence-electron chi connectivity index (χ3n) is 3.67. The summed E-state index contributed by atoms with van der Waals surface area (Å²) in [5.74, 6) is -1.19. The van der Waals surface area contributed by atoms with Crippen molar-refractivity contribution in [3.05, 3.63) is 45.1 Å². The summed E-state index contributed by atoms with van der Waals surface area (Å²) in [5, 5.41) is 12.5. The molecule has 0 aliphatic carbocycles. The van der Waals surface area contributed by atoms with Gasteiger partial charge in [-0.15, -0.1) is 11.3 Å². The van der Waals surface area contributed by atoms with Crippen molar-refractivity contribution < 1.29 is 18.3 Å². The molecule has 0 spiro atoms. The molecule has 1 aliphatic rings. The lowest BCUT2D eigenvalue weighted by atomic mass is 10.1. The van der Waals surface area contributed by atoms with Crippen LogP contribution in [0.5, 0.6) is 0 Å². The van der Waals surface area contributed by atoms with Gasteiger partial charge < -0.3 is 10.4 Å². The molecule has 5 nitrogen and oxygen atoms in total. The Bertz CT molecular complexity index is 835. The molecule has 22 heavy (non-hydrogen) atoms. The number of thiophene rings is 1. The average molecular weight is 337 g/mol. The van der Waals surface area contributed by atoms with Gasteiger partial charge in [-0.05, 0) is 31.0 Å². The van der Waals surface area contributed by atoms with E-state index in [4.69, 9.17) is 0 Å². The molecule has 0 fully saturated rings. The number of benzene rings is 1. The van der Waals surface area contributed by atoms with Gasteiger partial charge in [0.2, 0.25) is 9.84 Å². The summed E-state index contributed by atoms with van der Waals surface area (Å²) >= 11 is 1.08. The molecule has 0 unspecified atom stereocenters. The summed E-state index contributed by atoms with van der Waals surface area (Å²) < 4.78 is 25.8. The van der Waals surface area contributed by atoms with Crippen molar-refractivity contribution in [1.82, 2.24) is 5.32 Å². The van der Waals surface area contributed by atoms with Crippen molar-refractivity contribution in [1.29, 1.82) is 0 Å². The quantitative estimate of drug-likeness (QED) is 0.897. The van der Waals surface area contributed by atoms with Crippen LogP contribution in [0.3, 0.4) is 0 Å². The van der Waals surface area contributed by atoms with Gasteiger partial charge in [0.05, 0.1) is 4.90 Å². The van der Waals surface area contributed by atoms with E-state index in [1.807, 2.05) is 6.92 Å². The van der Waals surface area contributed by atoms with E-state index < -0.39 is 15.8 Å². The van der Waals surface area contributed by atoms with Crippen LogP contribution >= 0.6 is 11.3 Å². The maximum absolute atomic E-state index is 12.9. The Morgan fingerprint density at radius 3 is 2.59 bits per heavy atom. The van der Waals surface area contributed by atoms with Crippen LogP contribution in [0.2, 0.25) is 0 Å². The lowest BCUT2D eigenvalue weighted by Crippen LogP contribution is -2.23. The van der Waals surface area contributed by atoms with Crippen molar-refractivity contribution in [3.8, 4) is 0 Å². The summed E-state index contributed by atoms with van der Waals surface area (Å²) in [6, 6.07) is 6.47. The van der Waals surface area contributed by atoms with Crippen LogP contribution in [0.4, 0.5) is 0 Å². The van der Waals surface area contributed by atoms with Crippen molar-refractivity contribution in [2.75, 3.05) is 6.54 Å². The van der Waals surface area contributed by atoms with E-state index in [-0.39, 0.29) is 14.7 Å². The number of rotatable bonds is 3. The van der Waals surface area contributed by atoms with Crippen LogP contribution in [-0.4, -0.2) is 26.0 Å². The zero-order valence-electron chi connectivity index (χ0n) is 11.9. The molecular weight excluding hydrogens is 322 g/mol. The van der Waals surface area contributed by atoms with Gasteiger partial charge in [-0.2, -0.15) is 0 Å². The van der Waals surface area contributed by atoms with Crippen LogP contribution in [0.25, 0.3) is 0 Å². The first kappa shape index (κ1) is 15.2. The SMILES string of the molecule is Cc1ccc(S(=O)(=O)c2c(C(=O)O)sc3c2CNCC3)cc1. The number of aromatic carboxylic acids is 1. The highest BCUT2D eigenvalue weighted by molar-refractivity contribution is 7.91. The number of aryl methyl sites for hydroxylation is 1. The Hall–Kier alpha value is -1.70. The number of fused-ring (bicyclic) bond motifs is 1. The monoisotopic (exact) mass is 337 g/mol. The molecule has 1 aliphatic heterocycles. The number of carbonyl (C=O) groups is 1. The number of hydrogen-bond donors (Lipinski definition) is 2. The first-order valence-electron chi connectivity index (χ1n) is 6.81. The second-order valence-electron chi connectivity index (χ2n) is 5.21. The van der Waals surface area contributed by atoms with E-state index in [0.29, 0.717) is 18.5 Å². The van der Waals surface area contributed by atoms with Gasteiger partial charge in [-0.25, -0.2) is 13.2 Å². The molecule has 0 atom stereocenters. The van der Waals surface area contributed by atoms with E-state index in [0.717, 1.165) is 28.3 Å². The second-order valence-corrected chi connectivity index (χ2v) is 8.20. The van der Waals surface area contributed by atoms with Gasteiger partial charge in [0.25, 0.3) is 0 Å². The Labute approximate surface area is 132 Å². The van der Waals surface area contributed by atoms with E-state index in [1.165, 1.54) is 12.1 Å². The Balaban J connectivity index is 2.24.